The lowest BCUT2D eigenvalue weighted by molar-refractivity contribution is -0.157. The second kappa shape index (κ2) is 6.52. The van der Waals surface area contributed by atoms with Crippen LogP contribution in [0.3, 0.4) is 0 Å². The maximum absolute atomic E-state index is 12.2. The van der Waals surface area contributed by atoms with Crippen LogP contribution in [0.25, 0.3) is 0 Å². The molecule has 1 amide bonds. The Kier molecular flexibility index (Phi) is 5.31. The zero-order chi connectivity index (χ0) is 13.6. The Morgan fingerprint density at radius 1 is 1.33 bits per heavy atom. The van der Waals surface area contributed by atoms with Gasteiger partial charge >= 0.3 is 5.97 Å². The van der Waals surface area contributed by atoms with E-state index in [9.17, 15) is 14.4 Å². The molecule has 1 aliphatic heterocycles. The standard InChI is InChI=1S/C13H21NO4/c1-3-7-10(15)13(12(17)18-4-2)9-6-5-8-11(16)14-13/h3-9H2,1-2H3,(H,14,16)/t13-/m0/s1. The fraction of sp³-hybridized carbons (Fsp3) is 0.769. The third kappa shape index (κ3) is 3.09. The molecule has 1 rings (SSSR count). The van der Waals surface area contributed by atoms with Crippen molar-refractivity contribution in [2.45, 2.75) is 57.9 Å². The predicted octanol–water partition coefficient (Wildman–Crippen LogP) is 1.35. The summed E-state index contributed by atoms with van der Waals surface area (Å²) in [4.78, 5) is 35.9. The zero-order valence-corrected chi connectivity index (χ0v) is 11.1. The summed E-state index contributed by atoms with van der Waals surface area (Å²) in [7, 11) is 0. The molecule has 0 aromatic heterocycles. The van der Waals surface area contributed by atoms with Gasteiger partial charge in [0.25, 0.3) is 0 Å². The third-order valence-corrected chi connectivity index (χ3v) is 3.14. The van der Waals surface area contributed by atoms with E-state index in [-0.39, 0.29) is 24.7 Å². The molecule has 0 aromatic carbocycles. The number of Topliss-reactive ketones (excluding diaryl/α,β-unsaturated/α-hetero) is 1. The van der Waals surface area contributed by atoms with Crippen LogP contribution >= 0.6 is 0 Å². The molecular formula is C13H21NO4. The molecule has 1 aliphatic rings. The van der Waals surface area contributed by atoms with Crippen molar-refractivity contribution in [1.29, 1.82) is 0 Å². The Labute approximate surface area is 107 Å². The van der Waals surface area contributed by atoms with Gasteiger partial charge in [-0.25, -0.2) is 4.79 Å². The number of carbonyl (C=O) groups excluding carboxylic acids is 3. The van der Waals surface area contributed by atoms with Gasteiger partial charge in [-0.2, -0.15) is 0 Å². The van der Waals surface area contributed by atoms with Crippen molar-refractivity contribution < 1.29 is 19.1 Å². The number of hydrogen-bond acceptors (Lipinski definition) is 4. The second-order valence-electron chi connectivity index (χ2n) is 4.55. The van der Waals surface area contributed by atoms with Crippen LogP contribution in [0.5, 0.6) is 0 Å². The van der Waals surface area contributed by atoms with Crippen molar-refractivity contribution in [3.05, 3.63) is 0 Å². The summed E-state index contributed by atoms with van der Waals surface area (Å²) >= 11 is 0. The summed E-state index contributed by atoms with van der Waals surface area (Å²) in [5, 5.41) is 2.60. The van der Waals surface area contributed by atoms with Crippen LogP contribution in [0.4, 0.5) is 0 Å². The number of amides is 1. The van der Waals surface area contributed by atoms with E-state index in [1.807, 2.05) is 6.92 Å². The van der Waals surface area contributed by atoms with Crippen LogP contribution in [0, 0.1) is 0 Å². The molecule has 1 saturated heterocycles. The minimum atomic E-state index is -1.44. The van der Waals surface area contributed by atoms with Gasteiger partial charge in [-0.1, -0.05) is 6.92 Å². The molecule has 0 radical (unpaired) electrons. The van der Waals surface area contributed by atoms with Gasteiger partial charge in [0.05, 0.1) is 6.61 Å². The lowest BCUT2D eigenvalue weighted by atomic mass is 9.86. The van der Waals surface area contributed by atoms with E-state index in [0.717, 1.165) is 0 Å². The average molecular weight is 255 g/mol. The number of ether oxygens (including phenoxy) is 1. The monoisotopic (exact) mass is 255 g/mol. The Bertz CT molecular complexity index is 320. The van der Waals surface area contributed by atoms with Crippen LogP contribution in [-0.2, 0) is 19.1 Å². The molecule has 0 aliphatic carbocycles. The van der Waals surface area contributed by atoms with E-state index in [1.165, 1.54) is 0 Å². The van der Waals surface area contributed by atoms with Crippen LogP contribution in [0.15, 0.2) is 0 Å². The molecule has 5 heteroatoms. The molecule has 0 saturated carbocycles. The molecule has 1 atom stereocenters. The first-order valence-corrected chi connectivity index (χ1v) is 6.58. The normalized spacial score (nSPS) is 24.0. The van der Waals surface area contributed by atoms with Crippen molar-refractivity contribution in [2.75, 3.05) is 6.61 Å². The smallest absolute Gasteiger partial charge is 0.339 e. The first kappa shape index (κ1) is 14.7. The number of carbonyl (C=O) groups is 3. The Morgan fingerprint density at radius 3 is 2.67 bits per heavy atom. The quantitative estimate of drug-likeness (QED) is 0.594. The molecule has 1 N–H and O–H groups in total. The number of nitrogens with one attached hydrogen (secondary N) is 1. The van der Waals surface area contributed by atoms with Crippen LogP contribution in [-0.4, -0.2) is 29.8 Å². The zero-order valence-electron chi connectivity index (χ0n) is 11.1. The topological polar surface area (TPSA) is 72.5 Å². The molecule has 0 bridgehead atoms. The van der Waals surface area contributed by atoms with Gasteiger partial charge in [0.1, 0.15) is 0 Å². The molecule has 0 aromatic rings. The summed E-state index contributed by atoms with van der Waals surface area (Å²) in [6, 6.07) is 0. The lowest BCUT2D eigenvalue weighted by Gasteiger charge is -2.29. The van der Waals surface area contributed by atoms with Gasteiger partial charge in [0.2, 0.25) is 5.91 Å². The maximum atomic E-state index is 12.2. The highest BCUT2D eigenvalue weighted by molar-refractivity contribution is 6.11. The molecular weight excluding hydrogens is 234 g/mol. The Hall–Kier alpha value is -1.39. The summed E-state index contributed by atoms with van der Waals surface area (Å²) in [6.07, 6.45) is 3.01. The van der Waals surface area contributed by atoms with Gasteiger partial charge in [0, 0.05) is 12.8 Å². The van der Waals surface area contributed by atoms with Crippen LogP contribution in [0.2, 0.25) is 0 Å². The second-order valence-corrected chi connectivity index (χ2v) is 4.55. The summed E-state index contributed by atoms with van der Waals surface area (Å²) in [6.45, 7) is 3.76. The minimum Gasteiger partial charge on any atom is -0.464 e. The van der Waals surface area contributed by atoms with Crippen molar-refractivity contribution >= 4 is 17.7 Å². The van der Waals surface area contributed by atoms with E-state index < -0.39 is 11.5 Å². The minimum absolute atomic E-state index is 0.204. The molecule has 0 unspecified atom stereocenters. The van der Waals surface area contributed by atoms with Gasteiger partial charge in [0.15, 0.2) is 11.3 Å². The van der Waals surface area contributed by atoms with Crippen molar-refractivity contribution in [2.24, 2.45) is 0 Å². The fourth-order valence-corrected chi connectivity index (χ4v) is 2.21. The Morgan fingerprint density at radius 2 is 2.06 bits per heavy atom. The fourth-order valence-electron chi connectivity index (χ4n) is 2.21. The van der Waals surface area contributed by atoms with Crippen molar-refractivity contribution in [1.82, 2.24) is 5.32 Å². The first-order chi connectivity index (χ1) is 8.56. The molecule has 0 spiro atoms. The molecule has 1 heterocycles. The van der Waals surface area contributed by atoms with Gasteiger partial charge in [-0.3, -0.25) is 9.59 Å². The van der Waals surface area contributed by atoms with Crippen LogP contribution in [0.1, 0.15) is 52.4 Å². The molecule has 102 valence electrons. The van der Waals surface area contributed by atoms with E-state index in [1.54, 1.807) is 6.92 Å². The van der Waals surface area contributed by atoms with Gasteiger partial charge in [-0.15, -0.1) is 0 Å². The summed E-state index contributed by atoms with van der Waals surface area (Å²) in [5.74, 6) is -1.09. The molecule has 1 fully saturated rings. The molecule has 18 heavy (non-hydrogen) atoms. The van der Waals surface area contributed by atoms with E-state index >= 15 is 0 Å². The van der Waals surface area contributed by atoms with E-state index in [0.29, 0.717) is 32.1 Å². The first-order valence-electron chi connectivity index (χ1n) is 6.58. The highest BCUT2D eigenvalue weighted by Crippen LogP contribution is 2.24. The number of hydrogen-bond donors (Lipinski definition) is 1. The Balaban J connectivity index is 3.01. The van der Waals surface area contributed by atoms with Crippen molar-refractivity contribution in [3.8, 4) is 0 Å². The maximum Gasteiger partial charge on any atom is 0.339 e. The summed E-state index contributed by atoms with van der Waals surface area (Å²) in [5.41, 5.74) is -1.44. The summed E-state index contributed by atoms with van der Waals surface area (Å²) < 4.78 is 4.98. The molecule has 5 nitrogen and oxygen atoms in total. The van der Waals surface area contributed by atoms with Crippen molar-refractivity contribution in [3.63, 3.8) is 0 Å². The highest BCUT2D eigenvalue weighted by Gasteiger charge is 2.47. The largest absolute Gasteiger partial charge is 0.464 e. The number of rotatable bonds is 5. The number of ketones is 1. The number of esters is 1. The SMILES string of the molecule is CCCC(=O)[C@]1(C(=O)OCC)CCCCC(=O)N1. The predicted molar refractivity (Wildman–Crippen MR) is 65.9 cm³/mol. The average Bonchev–Trinajstić information content (AvgIpc) is 2.52. The van der Waals surface area contributed by atoms with E-state index in [4.69, 9.17) is 4.74 Å². The highest BCUT2D eigenvalue weighted by atomic mass is 16.5. The van der Waals surface area contributed by atoms with Gasteiger partial charge in [-0.05, 0) is 32.6 Å². The van der Waals surface area contributed by atoms with Crippen LogP contribution < -0.4 is 5.32 Å². The third-order valence-electron chi connectivity index (χ3n) is 3.14. The van der Waals surface area contributed by atoms with Gasteiger partial charge < -0.3 is 10.1 Å². The van der Waals surface area contributed by atoms with E-state index in [2.05, 4.69) is 5.32 Å². The lowest BCUT2D eigenvalue weighted by Crippen LogP contribution is -2.60.